The average molecular weight is 544 g/mol. The van der Waals surface area contributed by atoms with Crippen LogP contribution in [-0.4, -0.2) is 26.0 Å². The van der Waals surface area contributed by atoms with Gasteiger partial charge in [0, 0.05) is 0 Å². The Morgan fingerprint density at radius 2 is 1.06 bits per heavy atom. The summed E-state index contributed by atoms with van der Waals surface area (Å²) in [5, 5.41) is 0. The van der Waals surface area contributed by atoms with Crippen LogP contribution in [0.1, 0.15) is 118 Å². The maximum absolute atomic E-state index is 5.53. The number of benzene rings is 3. The maximum atomic E-state index is 5.53. The van der Waals surface area contributed by atoms with Crippen LogP contribution < -0.4 is 4.90 Å². The fraction of sp³-hybridized carbons (Fsp3) is 0.394. The van der Waals surface area contributed by atoms with E-state index in [2.05, 4.69) is 143 Å². The molecule has 4 rings (SSSR count). The molecule has 1 atom stereocenters. The molecule has 0 aliphatic carbocycles. The van der Waals surface area contributed by atoms with Crippen LogP contribution in [0.4, 0.5) is 5.69 Å². The van der Waals surface area contributed by atoms with Gasteiger partial charge in [0.25, 0.3) is 0 Å². The van der Waals surface area contributed by atoms with Gasteiger partial charge in [-0.15, -0.1) is 0 Å². The molecule has 36 heavy (non-hydrogen) atoms. The molecule has 3 heteroatoms. The number of amidine groups is 1. The predicted molar refractivity (Wildman–Crippen MR) is 158 cm³/mol. The van der Waals surface area contributed by atoms with E-state index in [0.717, 1.165) is 11.4 Å². The van der Waals surface area contributed by atoms with Crippen LogP contribution in [0.2, 0.25) is 0 Å². The molecule has 1 heterocycles. The first-order valence-corrected chi connectivity index (χ1v) is 14.2. The molecule has 0 saturated heterocycles. The van der Waals surface area contributed by atoms with Crippen molar-refractivity contribution in [2.45, 2.75) is 85.1 Å². The number of hydrogen-bond donors (Lipinski definition) is 0. The van der Waals surface area contributed by atoms with E-state index in [1.165, 1.54) is 38.0 Å². The van der Waals surface area contributed by atoms with E-state index in [0.29, 0.717) is 23.7 Å². The fourth-order valence-electron chi connectivity index (χ4n) is 5.35. The van der Waals surface area contributed by atoms with Gasteiger partial charge in [-0.25, -0.2) is 0 Å². The number of para-hydroxylation sites is 1. The summed E-state index contributed by atoms with van der Waals surface area (Å²) in [5.41, 5.74) is 9.29. The molecule has 0 amide bonds. The Kier molecular flexibility index (Phi) is 8.02. The van der Waals surface area contributed by atoms with Gasteiger partial charge in [-0.05, 0) is 0 Å². The molecule has 0 spiro atoms. The standard InChI is InChI=1S/C33H40N2Se/c1-20(2)25-16-12-17-26(21(3)4)29(25)30-33(36)35(32(34-30)24-14-10-9-11-15-24)31-27(22(5)6)18-13-19-28(31)23(7)8/h9-23,30H,1-8H3. The molecule has 0 N–H and O–H groups in total. The Hall–Kier alpha value is -2.48. The van der Waals surface area contributed by atoms with E-state index in [1.54, 1.807) is 0 Å². The van der Waals surface area contributed by atoms with Gasteiger partial charge in [0.05, 0.1) is 0 Å². The Balaban J connectivity index is 2.02. The van der Waals surface area contributed by atoms with Crippen LogP contribution in [0.25, 0.3) is 0 Å². The van der Waals surface area contributed by atoms with Gasteiger partial charge in [0.1, 0.15) is 0 Å². The normalized spacial score (nSPS) is 16.1. The molecule has 0 aromatic heterocycles. The number of nitrogens with zero attached hydrogens (tertiary/aromatic N) is 2. The van der Waals surface area contributed by atoms with Gasteiger partial charge in [0.15, 0.2) is 0 Å². The van der Waals surface area contributed by atoms with Crippen molar-refractivity contribution in [3.8, 4) is 0 Å². The van der Waals surface area contributed by atoms with Gasteiger partial charge in [-0.2, -0.15) is 0 Å². The molecule has 2 nitrogen and oxygen atoms in total. The second-order valence-corrected chi connectivity index (χ2v) is 12.0. The molecule has 1 aliphatic rings. The minimum atomic E-state index is -0.0589. The summed E-state index contributed by atoms with van der Waals surface area (Å²) < 4.78 is 1.17. The Morgan fingerprint density at radius 1 is 0.611 bits per heavy atom. The summed E-state index contributed by atoms with van der Waals surface area (Å²) in [6.45, 7) is 18.3. The zero-order valence-electron chi connectivity index (χ0n) is 23.0. The third-order valence-corrected chi connectivity index (χ3v) is 8.06. The number of anilines is 1. The van der Waals surface area contributed by atoms with E-state index in [-0.39, 0.29) is 6.04 Å². The first-order chi connectivity index (χ1) is 17.1. The van der Waals surface area contributed by atoms with Crippen LogP contribution in [0.15, 0.2) is 71.7 Å². The first kappa shape index (κ1) is 26.6. The first-order valence-electron chi connectivity index (χ1n) is 13.4. The quantitative estimate of drug-likeness (QED) is 0.273. The SMILES string of the molecule is CC(C)c1cccc(C(C)C)c1C1N=C(c2ccccc2)N(c2c(C(C)C)cccc2C(C)C)C1=[Se]. The van der Waals surface area contributed by atoms with Crippen molar-refractivity contribution < 1.29 is 0 Å². The summed E-state index contributed by atoms with van der Waals surface area (Å²) >= 11 is 3.53. The molecule has 1 aliphatic heterocycles. The summed E-state index contributed by atoms with van der Waals surface area (Å²) in [4.78, 5) is 7.97. The van der Waals surface area contributed by atoms with Gasteiger partial charge >= 0.3 is 227 Å². The Morgan fingerprint density at radius 3 is 1.50 bits per heavy atom. The third-order valence-electron chi connectivity index (χ3n) is 7.21. The second kappa shape index (κ2) is 10.9. The summed E-state index contributed by atoms with van der Waals surface area (Å²) in [7, 11) is 0. The number of aliphatic imine (C=N–C) groups is 1. The van der Waals surface area contributed by atoms with Crippen LogP contribution in [0, 0.1) is 0 Å². The molecule has 0 saturated carbocycles. The van der Waals surface area contributed by atoms with Crippen LogP contribution in [0.3, 0.4) is 0 Å². The number of rotatable bonds is 7. The molecule has 188 valence electrons. The summed E-state index contributed by atoms with van der Waals surface area (Å²) in [5.74, 6) is 2.67. The molecule has 0 radical (unpaired) electrons. The molecule has 0 fully saturated rings. The van der Waals surface area contributed by atoms with Crippen molar-refractivity contribution in [2.24, 2.45) is 4.99 Å². The molecule has 0 bridgehead atoms. The zero-order chi connectivity index (χ0) is 26.1. The fourth-order valence-corrected chi connectivity index (χ4v) is 6.08. The van der Waals surface area contributed by atoms with E-state index >= 15 is 0 Å². The monoisotopic (exact) mass is 544 g/mol. The van der Waals surface area contributed by atoms with Crippen molar-refractivity contribution in [2.75, 3.05) is 4.90 Å². The average Bonchev–Trinajstić information content (AvgIpc) is 3.19. The van der Waals surface area contributed by atoms with Crippen LogP contribution >= 0.6 is 0 Å². The van der Waals surface area contributed by atoms with E-state index < -0.39 is 0 Å². The van der Waals surface area contributed by atoms with Crippen molar-refractivity contribution in [3.63, 3.8) is 0 Å². The molecular weight excluding hydrogens is 503 g/mol. The predicted octanol–water partition coefficient (Wildman–Crippen LogP) is 8.49. The topological polar surface area (TPSA) is 15.6 Å². The van der Waals surface area contributed by atoms with Gasteiger partial charge in [-0.3, -0.25) is 0 Å². The summed E-state index contributed by atoms with van der Waals surface area (Å²) in [6.07, 6.45) is 0. The van der Waals surface area contributed by atoms with Crippen molar-refractivity contribution in [3.05, 3.63) is 100 Å². The molecular formula is C33H40N2Se. The minimum absolute atomic E-state index is 0.0589. The Labute approximate surface area is 226 Å². The zero-order valence-corrected chi connectivity index (χ0v) is 24.8. The molecule has 1 unspecified atom stereocenters. The summed E-state index contributed by atoms with van der Waals surface area (Å²) in [6, 6.07) is 24.2. The van der Waals surface area contributed by atoms with E-state index in [4.69, 9.17) is 4.99 Å². The van der Waals surface area contributed by atoms with Crippen molar-refractivity contribution in [1.29, 1.82) is 0 Å². The molecule has 3 aromatic rings. The molecule has 3 aromatic carbocycles. The van der Waals surface area contributed by atoms with Gasteiger partial charge < -0.3 is 0 Å². The van der Waals surface area contributed by atoms with Crippen molar-refractivity contribution in [1.82, 2.24) is 0 Å². The van der Waals surface area contributed by atoms with Gasteiger partial charge in [-0.1, -0.05) is 0 Å². The van der Waals surface area contributed by atoms with Crippen molar-refractivity contribution >= 4 is 31.6 Å². The van der Waals surface area contributed by atoms with E-state index in [1.807, 2.05) is 0 Å². The Bertz CT molecular complexity index is 1220. The van der Waals surface area contributed by atoms with E-state index in [9.17, 15) is 0 Å². The van der Waals surface area contributed by atoms with Crippen LogP contribution in [-0.2, 0) is 0 Å². The van der Waals surface area contributed by atoms with Crippen LogP contribution in [0.5, 0.6) is 0 Å². The number of hydrogen-bond acceptors (Lipinski definition) is 2. The van der Waals surface area contributed by atoms with Gasteiger partial charge in [0.2, 0.25) is 0 Å². The second-order valence-electron chi connectivity index (χ2n) is 11.1. The third kappa shape index (κ3) is 4.89.